The van der Waals surface area contributed by atoms with Gasteiger partial charge in [-0.25, -0.2) is 0 Å². The Morgan fingerprint density at radius 2 is 2.30 bits per heavy atom. The number of guanidine groups is 1. The Morgan fingerprint density at radius 1 is 1.48 bits per heavy atom. The maximum absolute atomic E-state index is 11.7. The predicted octanol–water partition coefficient (Wildman–Crippen LogP) is 1.07. The van der Waals surface area contributed by atoms with Gasteiger partial charge in [0.05, 0.1) is 0 Å². The molecular weight excluding hydrogens is 407 g/mol. The largest absolute Gasteiger partial charge is 0.356 e. The van der Waals surface area contributed by atoms with E-state index in [1.165, 1.54) is 0 Å². The Balaban J connectivity index is 0.00000264. The van der Waals surface area contributed by atoms with Crippen molar-refractivity contribution in [1.82, 2.24) is 25.3 Å². The Morgan fingerprint density at radius 3 is 2.96 bits per heavy atom. The number of nitrogens with one attached hydrogen (secondary N) is 2. The molecule has 2 rings (SSSR count). The lowest BCUT2D eigenvalue weighted by Gasteiger charge is -2.18. The number of likely N-dealkylation sites (tertiary alicyclic amines) is 1. The molecule has 1 aliphatic heterocycles. The first-order valence-corrected chi connectivity index (χ1v) is 7.95. The molecule has 1 amide bonds. The lowest BCUT2D eigenvalue weighted by molar-refractivity contribution is -0.129. The molecule has 2 heterocycles. The minimum absolute atomic E-state index is 0. The number of hydrogen-bond donors (Lipinski definition) is 2. The Kier molecular flexibility index (Phi) is 8.97. The molecule has 0 aliphatic carbocycles. The average Bonchev–Trinajstić information content (AvgIpc) is 3.21. The van der Waals surface area contributed by atoms with Gasteiger partial charge in [-0.3, -0.25) is 14.5 Å². The first kappa shape index (κ1) is 19.7. The third-order valence-corrected chi connectivity index (χ3v) is 3.82. The Hall–Kier alpha value is -1.32. The zero-order valence-corrected chi connectivity index (χ0v) is 16.2. The molecule has 0 bridgehead atoms. The van der Waals surface area contributed by atoms with Gasteiger partial charge in [-0.1, -0.05) is 6.92 Å². The standard InChI is InChI=1S/C15H26N6O.HI/c1-3-14(22)20-11-6-13(12-20)19-15(16-2)17-7-4-9-21-10-5-8-18-21;/h5,8,10,13H,3-4,6-7,9,11-12H2,1-2H3,(H2,16,17,19);1H. The zero-order chi connectivity index (χ0) is 15.8. The molecule has 2 N–H and O–H groups in total. The molecule has 1 aliphatic rings. The average molecular weight is 434 g/mol. The first-order valence-electron chi connectivity index (χ1n) is 7.95. The van der Waals surface area contributed by atoms with Gasteiger partial charge in [0.1, 0.15) is 0 Å². The van der Waals surface area contributed by atoms with Gasteiger partial charge in [-0.05, 0) is 18.9 Å². The minimum Gasteiger partial charge on any atom is -0.356 e. The molecule has 0 radical (unpaired) electrons. The van der Waals surface area contributed by atoms with Crippen molar-refractivity contribution in [3.05, 3.63) is 18.5 Å². The Labute approximate surface area is 154 Å². The van der Waals surface area contributed by atoms with Crippen molar-refractivity contribution < 1.29 is 4.79 Å². The summed E-state index contributed by atoms with van der Waals surface area (Å²) >= 11 is 0. The molecular formula is C15H27IN6O. The van der Waals surface area contributed by atoms with E-state index in [1.807, 2.05) is 28.8 Å². The summed E-state index contributed by atoms with van der Waals surface area (Å²) in [7, 11) is 1.77. The van der Waals surface area contributed by atoms with Crippen LogP contribution in [0.2, 0.25) is 0 Å². The van der Waals surface area contributed by atoms with E-state index in [4.69, 9.17) is 0 Å². The monoisotopic (exact) mass is 434 g/mol. The van der Waals surface area contributed by atoms with E-state index in [-0.39, 0.29) is 35.9 Å². The highest BCUT2D eigenvalue weighted by Gasteiger charge is 2.25. The number of aryl methyl sites for hydroxylation is 1. The molecule has 0 spiro atoms. The number of rotatable bonds is 6. The summed E-state index contributed by atoms with van der Waals surface area (Å²) in [6.45, 7) is 5.23. The first-order chi connectivity index (χ1) is 10.7. The van der Waals surface area contributed by atoms with Crippen LogP contribution in [0.1, 0.15) is 26.2 Å². The highest BCUT2D eigenvalue weighted by Crippen LogP contribution is 2.10. The van der Waals surface area contributed by atoms with Crippen LogP contribution in [-0.4, -0.2) is 59.3 Å². The van der Waals surface area contributed by atoms with Crippen molar-refractivity contribution in [2.24, 2.45) is 4.99 Å². The van der Waals surface area contributed by atoms with Gasteiger partial charge < -0.3 is 15.5 Å². The number of halogens is 1. The highest BCUT2D eigenvalue weighted by atomic mass is 127. The second-order valence-corrected chi connectivity index (χ2v) is 5.44. The summed E-state index contributed by atoms with van der Waals surface area (Å²) in [6.07, 6.45) is 6.28. The van der Waals surface area contributed by atoms with Crippen molar-refractivity contribution in [3.63, 3.8) is 0 Å². The van der Waals surface area contributed by atoms with Gasteiger partial charge in [0.15, 0.2) is 5.96 Å². The smallest absolute Gasteiger partial charge is 0.222 e. The van der Waals surface area contributed by atoms with Crippen molar-refractivity contribution in [3.8, 4) is 0 Å². The summed E-state index contributed by atoms with van der Waals surface area (Å²) in [4.78, 5) is 17.8. The van der Waals surface area contributed by atoms with E-state index >= 15 is 0 Å². The van der Waals surface area contributed by atoms with Crippen molar-refractivity contribution in [2.75, 3.05) is 26.7 Å². The summed E-state index contributed by atoms with van der Waals surface area (Å²) in [6, 6.07) is 2.21. The number of carbonyl (C=O) groups excluding carboxylic acids is 1. The molecule has 0 saturated carbocycles. The lowest BCUT2D eigenvalue weighted by atomic mass is 10.3. The third-order valence-electron chi connectivity index (χ3n) is 3.82. The fraction of sp³-hybridized carbons (Fsp3) is 0.667. The minimum atomic E-state index is 0. The van der Waals surface area contributed by atoms with Gasteiger partial charge in [-0.2, -0.15) is 5.10 Å². The molecule has 1 unspecified atom stereocenters. The van der Waals surface area contributed by atoms with Gasteiger partial charge in [0.25, 0.3) is 0 Å². The van der Waals surface area contributed by atoms with Crippen LogP contribution in [0.15, 0.2) is 23.5 Å². The van der Waals surface area contributed by atoms with Crippen LogP contribution < -0.4 is 10.6 Å². The quantitative estimate of drug-likeness (QED) is 0.304. The van der Waals surface area contributed by atoms with Gasteiger partial charge in [-0.15, -0.1) is 24.0 Å². The Bertz CT molecular complexity index is 490. The van der Waals surface area contributed by atoms with Crippen LogP contribution in [0.3, 0.4) is 0 Å². The van der Waals surface area contributed by atoms with E-state index in [1.54, 1.807) is 13.2 Å². The maximum atomic E-state index is 11.7. The highest BCUT2D eigenvalue weighted by molar-refractivity contribution is 14.0. The van der Waals surface area contributed by atoms with Crippen LogP contribution in [0, 0.1) is 0 Å². The van der Waals surface area contributed by atoms with Crippen LogP contribution in [0.25, 0.3) is 0 Å². The summed E-state index contributed by atoms with van der Waals surface area (Å²) < 4.78 is 1.92. The van der Waals surface area contributed by atoms with Crippen LogP contribution in [-0.2, 0) is 11.3 Å². The fourth-order valence-corrected chi connectivity index (χ4v) is 2.60. The van der Waals surface area contributed by atoms with Gasteiger partial charge in [0.2, 0.25) is 5.91 Å². The molecule has 1 fully saturated rings. The fourth-order valence-electron chi connectivity index (χ4n) is 2.60. The zero-order valence-electron chi connectivity index (χ0n) is 13.9. The normalized spacial score (nSPS) is 17.7. The molecule has 1 aromatic rings. The lowest BCUT2D eigenvalue weighted by Crippen LogP contribution is -2.45. The molecule has 0 aromatic carbocycles. The molecule has 1 aromatic heterocycles. The van der Waals surface area contributed by atoms with Crippen molar-refractivity contribution in [1.29, 1.82) is 0 Å². The number of hydrogen-bond acceptors (Lipinski definition) is 3. The van der Waals surface area contributed by atoms with E-state index in [0.717, 1.165) is 45.0 Å². The third kappa shape index (κ3) is 6.36. The van der Waals surface area contributed by atoms with E-state index in [2.05, 4.69) is 20.7 Å². The van der Waals surface area contributed by atoms with Gasteiger partial charge in [0, 0.05) is 58.1 Å². The summed E-state index contributed by atoms with van der Waals surface area (Å²) in [5, 5.41) is 10.9. The van der Waals surface area contributed by atoms with Crippen LogP contribution in [0.5, 0.6) is 0 Å². The van der Waals surface area contributed by atoms with Gasteiger partial charge >= 0.3 is 0 Å². The SMILES string of the molecule is CCC(=O)N1CCC(NC(=NC)NCCCn2cccn2)C1.I. The second kappa shape index (κ2) is 10.5. The predicted molar refractivity (Wildman–Crippen MR) is 102 cm³/mol. The molecule has 1 saturated heterocycles. The van der Waals surface area contributed by atoms with E-state index in [0.29, 0.717) is 6.42 Å². The molecule has 1 atom stereocenters. The number of carbonyl (C=O) groups is 1. The maximum Gasteiger partial charge on any atom is 0.222 e. The molecule has 7 nitrogen and oxygen atoms in total. The van der Waals surface area contributed by atoms with E-state index in [9.17, 15) is 4.79 Å². The summed E-state index contributed by atoms with van der Waals surface area (Å²) in [5.74, 6) is 1.03. The molecule has 23 heavy (non-hydrogen) atoms. The van der Waals surface area contributed by atoms with Crippen LogP contribution in [0.4, 0.5) is 0 Å². The molecule has 130 valence electrons. The second-order valence-electron chi connectivity index (χ2n) is 5.44. The number of nitrogens with zero attached hydrogens (tertiary/aromatic N) is 4. The number of aromatic nitrogens is 2. The van der Waals surface area contributed by atoms with Crippen molar-refractivity contribution in [2.45, 2.75) is 38.8 Å². The van der Waals surface area contributed by atoms with Crippen molar-refractivity contribution >= 4 is 35.8 Å². The van der Waals surface area contributed by atoms with Crippen LogP contribution >= 0.6 is 24.0 Å². The molecule has 8 heteroatoms. The number of aliphatic imine (C=N–C) groups is 1. The topological polar surface area (TPSA) is 74.6 Å². The van der Waals surface area contributed by atoms with E-state index < -0.39 is 0 Å². The number of amides is 1. The summed E-state index contributed by atoms with van der Waals surface area (Å²) in [5.41, 5.74) is 0.